The Bertz CT molecular complexity index is 2770. The van der Waals surface area contributed by atoms with Crippen LogP contribution in [0.5, 0.6) is 0 Å². The molecule has 3 fully saturated rings. The zero-order chi connectivity index (χ0) is 48.7. The van der Waals surface area contributed by atoms with Crippen LogP contribution in [-0.4, -0.2) is 61.0 Å². The fraction of sp³-hybridized carbons (Fsp3) is 0.327. The van der Waals surface area contributed by atoms with E-state index in [0.29, 0.717) is 69.7 Å². The number of nitrogens with two attached hydrogens (primary N) is 2. The molecule has 2 amide bonds. The molecule has 8 rings (SSSR count). The summed E-state index contributed by atoms with van der Waals surface area (Å²) in [6, 6.07) is 30.2. The van der Waals surface area contributed by atoms with Crippen molar-refractivity contribution in [2.75, 3.05) is 0 Å². The summed E-state index contributed by atoms with van der Waals surface area (Å²) in [7, 11) is 0. The summed E-state index contributed by atoms with van der Waals surface area (Å²) >= 11 is 23.7. The second-order valence-corrected chi connectivity index (χ2v) is 19.4. The third-order valence-electron chi connectivity index (χ3n) is 12.0. The van der Waals surface area contributed by atoms with Gasteiger partial charge in [-0.15, -0.1) is 0 Å². The van der Waals surface area contributed by atoms with Crippen LogP contribution in [0.3, 0.4) is 0 Å². The van der Waals surface area contributed by atoms with Crippen LogP contribution in [0, 0.1) is 35.5 Å². The number of halogens is 4. The van der Waals surface area contributed by atoms with Crippen LogP contribution in [-0.2, 0) is 0 Å². The first-order valence-corrected chi connectivity index (χ1v) is 24.1. The second-order valence-electron chi connectivity index (χ2n) is 17.6. The zero-order valence-electron chi connectivity index (χ0n) is 37.5. The van der Waals surface area contributed by atoms with Gasteiger partial charge in [0.05, 0.1) is 0 Å². The van der Waals surface area contributed by atoms with Crippen molar-refractivity contribution >= 4 is 58.2 Å². The number of carbonyl (C=O) groups is 2. The van der Waals surface area contributed by atoms with E-state index in [1.165, 1.54) is 0 Å². The summed E-state index contributed by atoms with van der Waals surface area (Å²) in [6.07, 6.45) is 11.7. The fourth-order valence-electron chi connectivity index (χ4n) is 8.65. The quantitative estimate of drug-likeness (QED) is 0.0973. The molecule has 4 aromatic carbocycles. The lowest BCUT2D eigenvalue weighted by Gasteiger charge is -2.33. The van der Waals surface area contributed by atoms with E-state index in [1.54, 1.807) is 79.1 Å². The molecule has 0 bridgehead atoms. The number of benzene rings is 4. The zero-order valence-corrected chi connectivity index (χ0v) is 40.5. The molecule has 3 saturated carbocycles. The van der Waals surface area contributed by atoms with Gasteiger partial charge in [0.1, 0.15) is 16.8 Å². The maximum absolute atomic E-state index is 12.4. The molecule has 0 aliphatic heterocycles. The van der Waals surface area contributed by atoms with Gasteiger partial charge in [-0.1, -0.05) is 106 Å². The number of hydrogen-bond acceptors (Lipinski definition) is 7. The molecule has 5 aromatic rings. The number of amides is 2. The molecule has 6 atom stereocenters. The third kappa shape index (κ3) is 16.1. The van der Waals surface area contributed by atoms with Gasteiger partial charge in [0.2, 0.25) is 5.91 Å². The van der Waals surface area contributed by atoms with Crippen molar-refractivity contribution in [1.82, 2.24) is 10.3 Å². The number of hydrogen-bond donors (Lipinski definition) is 6. The monoisotopic (exact) mass is 990 g/mol. The summed E-state index contributed by atoms with van der Waals surface area (Å²) in [5, 5.41) is 37.4. The summed E-state index contributed by atoms with van der Waals surface area (Å²) in [4.78, 5) is 28.2. The fourth-order valence-corrected chi connectivity index (χ4v) is 9.41. The van der Waals surface area contributed by atoms with Crippen LogP contribution in [0.4, 0.5) is 0 Å². The first-order valence-electron chi connectivity index (χ1n) is 22.6. The molecule has 0 radical (unpaired) electrons. The molecule has 1 heterocycles. The lowest BCUT2D eigenvalue weighted by atomic mass is 9.74. The third-order valence-corrected chi connectivity index (χ3v) is 12.9. The van der Waals surface area contributed by atoms with Crippen molar-refractivity contribution in [3.8, 4) is 35.5 Å². The molecule has 3 aliphatic carbocycles. The highest BCUT2D eigenvalue weighted by Crippen LogP contribution is 2.39. The Balaban J connectivity index is 0.000000172. The molecule has 1 aromatic heterocycles. The molecular formula is C55H54Cl4N4O5. The topological polar surface area (TPSA) is 172 Å². The molecule has 3 aliphatic rings. The van der Waals surface area contributed by atoms with E-state index in [-0.39, 0.29) is 23.9 Å². The Morgan fingerprint density at radius 2 is 1.09 bits per heavy atom. The van der Waals surface area contributed by atoms with Crippen LogP contribution in [0.1, 0.15) is 126 Å². The highest BCUT2D eigenvalue weighted by atomic mass is 35.5. The van der Waals surface area contributed by atoms with E-state index in [2.05, 4.69) is 45.8 Å². The Morgan fingerprint density at radius 1 is 0.618 bits per heavy atom. The first kappa shape index (κ1) is 52.0. The normalized spacial score (nSPS) is 23.9. The number of nitrogens with zero attached hydrogens (tertiary/aromatic N) is 1. The van der Waals surface area contributed by atoms with E-state index in [9.17, 15) is 24.9 Å². The van der Waals surface area contributed by atoms with E-state index in [4.69, 9.17) is 57.9 Å². The Kier molecular flexibility index (Phi) is 18.6. The van der Waals surface area contributed by atoms with Gasteiger partial charge >= 0.3 is 0 Å². The Hall–Kier alpha value is -5.35. The summed E-state index contributed by atoms with van der Waals surface area (Å²) in [6.45, 7) is 0. The molecule has 9 nitrogen and oxygen atoms in total. The minimum atomic E-state index is -1.12. The predicted molar refractivity (Wildman–Crippen MR) is 271 cm³/mol. The minimum Gasteiger partial charge on any atom is -0.378 e. The molecule has 8 N–H and O–H groups in total. The van der Waals surface area contributed by atoms with Gasteiger partial charge in [-0.05, 0) is 155 Å². The summed E-state index contributed by atoms with van der Waals surface area (Å²) < 4.78 is 0. The van der Waals surface area contributed by atoms with Crippen molar-refractivity contribution in [3.63, 3.8) is 0 Å². The minimum absolute atomic E-state index is 0.00334. The standard InChI is InChI=1S/C21H19Cl2NO2.C20H19ClN2O2.C14H16ClNO/c22-17-6-1-4-15(12-17)9-11-21(26)10-3-8-19(14-21)24-20(25)16-5-2-7-18(23)13-16;21-16-5-1-3-14(11-16)6-9-20(25)8-2-4-15(12-20)18-13-23-10-7-17(18)19(22)24;15-12-4-1-3-11(9-12)6-8-14(17)7-2-5-13(16)10-14/h1-2,4-7,12-13,19,26H,3,8,10,14H2,(H,24,25);1,3,5,7,10-11,13,15,25H,2,4,8,12H2,(H2,22,24);1,3-4,9,13,17H,2,5,7,10,16H2/t19-,21+;15-,20+;13-,14+/m000/s1. The van der Waals surface area contributed by atoms with Gasteiger partial charge in [-0.3, -0.25) is 14.6 Å². The van der Waals surface area contributed by atoms with Gasteiger partial charge in [-0.2, -0.15) is 0 Å². The van der Waals surface area contributed by atoms with Crippen LogP contribution >= 0.6 is 46.4 Å². The number of nitrogens with one attached hydrogen (secondary N) is 1. The number of aliphatic hydroxyl groups is 3. The van der Waals surface area contributed by atoms with Crippen molar-refractivity contribution in [3.05, 3.63) is 169 Å². The lowest BCUT2D eigenvalue weighted by molar-refractivity contribution is 0.0451. The molecule has 352 valence electrons. The number of aromatic nitrogens is 1. The van der Waals surface area contributed by atoms with Gasteiger partial charge in [0, 0.05) is 85.2 Å². The lowest BCUT2D eigenvalue weighted by Crippen LogP contribution is -2.45. The highest BCUT2D eigenvalue weighted by molar-refractivity contribution is 6.31. The van der Waals surface area contributed by atoms with Crippen molar-refractivity contribution < 1.29 is 24.9 Å². The molecular weight excluding hydrogens is 938 g/mol. The van der Waals surface area contributed by atoms with Crippen LogP contribution < -0.4 is 16.8 Å². The Labute approximate surface area is 419 Å². The highest BCUT2D eigenvalue weighted by Gasteiger charge is 2.36. The van der Waals surface area contributed by atoms with Gasteiger partial charge in [-0.25, -0.2) is 0 Å². The molecule has 0 spiro atoms. The summed E-state index contributed by atoms with van der Waals surface area (Å²) in [5.41, 5.74) is 12.3. The van der Waals surface area contributed by atoms with E-state index >= 15 is 0 Å². The first-order chi connectivity index (χ1) is 32.5. The number of carbonyl (C=O) groups excluding carboxylic acids is 2. The van der Waals surface area contributed by atoms with E-state index in [0.717, 1.165) is 60.8 Å². The van der Waals surface area contributed by atoms with Crippen molar-refractivity contribution in [2.45, 2.75) is 112 Å². The smallest absolute Gasteiger partial charge is 0.251 e. The molecule has 0 unspecified atom stereocenters. The molecule has 68 heavy (non-hydrogen) atoms. The predicted octanol–water partition coefficient (Wildman–Crippen LogP) is 10.0. The van der Waals surface area contributed by atoms with Crippen molar-refractivity contribution in [1.29, 1.82) is 0 Å². The average Bonchev–Trinajstić information content (AvgIpc) is 3.30. The van der Waals surface area contributed by atoms with Crippen molar-refractivity contribution in [2.24, 2.45) is 11.5 Å². The van der Waals surface area contributed by atoms with Gasteiger partial charge in [0.15, 0.2) is 0 Å². The van der Waals surface area contributed by atoms with Crippen LogP contribution in [0.15, 0.2) is 116 Å². The average molecular weight is 993 g/mol. The maximum atomic E-state index is 12.4. The number of pyridine rings is 1. The SMILES string of the molecule is NC(=O)c1ccncc1[C@H]1CCC[C@@](O)(C#Cc2cccc(Cl)c2)C1.N[C@H]1CCC[C@@](O)(C#Cc2cccc(Cl)c2)C1.O=C(N[C@H]1CCC[C@@](O)(C#Cc2cccc(Cl)c2)C1)c1cccc(Cl)c1. The Morgan fingerprint density at radius 3 is 1.59 bits per heavy atom. The number of primary amides is 1. The van der Waals surface area contributed by atoms with Gasteiger partial charge < -0.3 is 32.1 Å². The van der Waals surface area contributed by atoms with E-state index < -0.39 is 22.7 Å². The molecule has 13 heteroatoms. The second kappa shape index (κ2) is 24.3. The number of rotatable bonds is 4. The van der Waals surface area contributed by atoms with Crippen LogP contribution in [0.2, 0.25) is 20.1 Å². The van der Waals surface area contributed by atoms with Gasteiger partial charge in [0.25, 0.3) is 5.91 Å². The molecule has 0 saturated heterocycles. The van der Waals surface area contributed by atoms with Crippen LogP contribution in [0.25, 0.3) is 0 Å². The summed E-state index contributed by atoms with van der Waals surface area (Å²) in [5.74, 6) is 17.2. The maximum Gasteiger partial charge on any atom is 0.251 e. The largest absolute Gasteiger partial charge is 0.378 e. The van der Waals surface area contributed by atoms with E-state index in [1.807, 2.05) is 36.4 Å².